The minimum atomic E-state index is -5.01. The van der Waals surface area contributed by atoms with Crippen LogP contribution in [0.2, 0.25) is 0 Å². The Kier molecular flexibility index (Phi) is 2.99. The van der Waals surface area contributed by atoms with E-state index in [2.05, 4.69) is 9.72 Å². The van der Waals surface area contributed by atoms with Crippen molar-refractivity contribution < 1.29 is 27.8 Å². The molecule has 1 aromatic heterocycles. The van der Waals surface area contributed by atoms with Gasteiger partial charge in [0, 0.05) is 6.20 Å². The zero-order chi connectivity index (χ0) is 12.3. The van der Waals surface area contributed by atoms with Crippen molar-refractivity contribution in [3.8, 4) is 11.8 Å². The van der Waals surface area contributed by atoms with Crippen LogP contribution in [0.25, 0.3) is 0 Å². The van der Waals surface area contributed by atoms with E-state index in [-0.39, 0.29) is 0 Å². The number of hydrogen-bond donors (Lipinski definition) is 1. The van der Waals surface area contributed by atoms with Crippen LogP contribution in [0.15, 0.2) is 12.3 Å². The van der Waals surface area contributed by atoms with Crippen molar-refractivity contribution in [1.82, 2.24) is 4.98 Å². The number of hydrogen-bond acceptors (Lipinski definition) is 4. The number of carboxylic acid groups (broad SMARTS) is 1. The van der Waals surface area contributed by atoms with E-state index in [1.54, 1.807) is 0 Å². The Balaban J connectivity index is 3.19. The lowest BCUT2D eigenvalue weighted by atomic mass is 10.2. The van der Waals surface area contributed by atoms with E-state index in [0.29, 0.717) is 6.07 Å². The number of aromatic nitrogens is 1. The second-order valence-corrected chi connectivity index (χ2v) is 2.54. The van der Waals surface area contributed by atoms with Gasteiger partial charge >= 0.3 is 12.3 Å². The van der Waals surface area contributed by atoms with Gasteiger partial charge in [0.1, 0.15) is 6.07 Å². The predicted octanol–water partition coefficient (Wildman–Crippen LogP) is 1.55. The second kappa shape index (κ2) is 4.06. The van der Waals surface area contributed by atoms with Gasteiger partial charge in [0.25, 0.3) is 0 Å². The molecule has 1 rings (SSSR count). The van der Waals surface area contributed by atoms with E-state index in [1.165, 1.54) is 6.07 Å². The lowest BCUT2D eigenvalue weighted by molar-refractivity contribution is -0.274. The SMILES string of the molecule is N#Cc1ncc(C(=O)O)cc1OC(F)(F)F. The maximum atomic E-state index is 11.9. The van der Waals surface area contributed by atoms with Crippen molar-refractivity contribution in [2.24, 2.45) is 0 Å². The zero-order valence-corrected chi connectivity index (χ0v) is 7.45. The van der Waals surface area contributed by atoms with Gasteiger partial charge in [0.2, 0.25) is 0 Å². The molecule has 0 aromatic carbocycles. The molecular weight excluding hydrogens is 229 g/mol. The number of aromatic carboxylic acids is 1. The number of carbonyl (C=O) groups is 1. The lowest BCUT2D eigenvalue weighted by Gasteiger charge is -2.09. The zero-order valence-electron chi connectivity index (χ0n) is 7.45. The van der Waals surface area contributed by atoms with E-state index in [4.69, 9.17) is 10.4 Å². The summed E-state index contributed by atoms with van der Waals surface area (Å²) in [6.45, 7) is 0. The van der Waals surface area contributed by atoms with Crippen LogP contribution in [-0.4, -0.2) is 22.4 Å². The third-order valence-corrected chi connectivity index (χ3v) is 1.43. The van der Waals surface area contributed by atoms with E-state index in [9.17, 15) is 18.0 Å². The Morgan fingerprint density at radius 1 is 1.56 bits per heavy atom. The summed E-state index contributed by atoms with van der Waals surface area (Å²) >= 11 is 0. The first-order valence-corrected chi connectivity index (χ1v) is 3.72. The number of halogens is 3. The fourth-order valence-corrected chi connectivity index (χ4v) is 0.848. The molecule has 0 radical (unpaired) electrons. The molecule has 0 saturated heterocycles. The van der Waals surface area contributed by atoms with Gasteiger partial charge in [0.15, 0.2) is 11.4 Å². The standard InChI is InChI=1S/C8H3F3N2O3/c9-8(10,11)16-6-1-4(7(14)15)3-13-5(6)2-12/h1,3H,(H,14,15). The molecule has 0 unspecified atom stereocenters. The molecule has 1 N–H and O–H groups in total. The molecular formula is C8H3F3N2O3. The van der Waals surface area contributed by atoms with Crippen LogP contribution >= 0.6 is 0 Å². The van der Waals surface area contributed by atoms with E-state index in [0.717, 1.165) is 6.20 Å². The topological polar surface area (TPSA) is 83.2 Å². The Morgan fingerprint density at radius 3 is 2.62 bits per heavy atom. The van der Waals surface area contributed by atoms with Crippen molar-refractivity contribution in [3.05, 3.63) is 23.5 Å². The van der Waals surface area contributed by atoms with Crippen LogP contribution in [0.1, 0.15) is 16.1 Å². The maximum Gasteiger partial charge on any atom is 0.573 e. The average Bonchev–Trinajstić information content (AvgIpc) is 2.15. The van der Waals surface area contributed by atoms with Crippen molar-refractivity contribution in [3.63, 3.8) is 0 Å². The number of alkyl halides is 3. The lowest BCUT2D eigenvalue weighted by Crippen LogP contribution is -2.18. The summed E-state index contributed by atoms with van der Waals surface area (Å²) in [5.41, 5.74) is -1.14. The van der Waals surface area contributed by atoms with Crippen molar-refractivity contribution in [1.29, 1.82) is 5.26 Å². The molecule has 0 fully saturated rings. The van der Waals surface area contributed by atoms with E-state index >= 15 is 0 Å². The molecule has 1 heterocycles. The van der Waals surface area contributed by atoms with Crippen LogP contribution in [0.5, 0.6) is 5.75 Å². The van der Waals surface area contributed by atoms with Crippen LogP contribution in [0, 0.1) is 11.3 Å². The minimum absolute atomic E-state index is 0.502. The second-order valence-electron chi connectivity index (χ2n) is 2.54. The number of nitrogens with zero attached hydrogens (tertiary/aromatic N) is 2. The first-order chi connectivity index (χ1) is 7.33. The molecule has 0 spiro atoms. The van der Waals surface area contributed by atoms with Crippen LogP contribution in [0.4, 0.5) is 13.2 Å². The van der Waals surface area contributed by atoms with Crippen LogP contribution < -0.4 is 4.74 Å². The molecule has 84 valence electrons. The summed E-state index contributed by atoms with van der Waals surface area (Å²) in [5.74, 6) is -2.40. The van der Waals surface area contributed by atoms with Crippen molar-refractivity contribution in [2.45, 2.75) is 6.36 Å². The summed E-state index contributed by atoms with van der Waals surface area (Å²) in [6, 6.07) is 1.94. The third-order valence-electron chi connectivity index (χ3n) is 1.43. The van der Waals surface area contributed by atoms with Crippen molar-refractivity contribution in [2.75, 3.05) is 0 Å². The van der Waals surface area contributed by atoms with Gasteiger partial charge < -0.3 is 9.84 Å². The maximum absolute atomic E-state index is 11.9. The first kappa shape index (κ1) is 11.8. The van der Waals surface area contributed by atoms with E-state index in [1.807, 2.05) is 0 Å². The van der Waals surface area contributed by atoms with Crippen LogP contribution in [-0.2, 0) is 0 Å². The summed E-state index contributed by atoms with van der Waals surface area (Å²) in [4.78, 5) is 13.7. The highest BCUT2D eigenvalue weighted by atomic mass is 19.4. The van der Waals surface area contributed by atoms with Gasteiger partial charge in [0.05, 0.1) is 5.56 Å². The van der Waals surface area contributed by atoms with Gasteiger partial charge in [-0.05, 0) is 6.07 Å². The van der Waals surface area contributed by atoms with Crippen molar-refractivity contribution >= 4 is 5.97 Å². The summed E-state index contributed by atoms with van der Waals surface area (Å²) in [7, 11) is 0. The number of pyridine rings is 1. The Labute approximate surface area is 86.7 Å². The predicted molar refractivity (Wildman–Crippen MR) is 42.6 cm³/mol. The third kappa shape index (κ3) is 2.84. The fraction of sp³-hybridized carbons (Fsp3) is 0.125. The normalized spacial score (nSPS) is 10.6. The quantitative estimate of drug-likeness (QED) is 0.836. The smallest absolute Gasteiger partial charge is 0.478 e. The Morgan fingerprint density at radius 2 is 2.19 bits per heavy atom. The molecule has 0 amide bonds. The van der Waals surface area contributed by atoms with Gasteiger partial charge in [-0.2, -0.15) is 5.26 Å². The first-order valence-electron chi connectivity index (χ1n) is 3.72. The van der Waals surface area contributed by atoms with Gasteiger partial charge in [-0.3, -0.25) is 0 Å². The minimum Gasteiger partial charge on any atom is -0.478 e. The molecule has 0 aliphatic rings. The molecule has 5 nitrogen and oxygen atoms in total. The van der Waals surface area contributed by atoms with E-state index < -0.39 is 29.3 Å². The molecule has 0 aliphatic heterocycles. The molecule has 16 heavy (non-hydrogen) atoms. The summed E-state index contributed by atoms with van der Waals surface area (Å²) in [5, 5.41) is 16.9. The highest BCUT2D eigenvalue weighted by Gasteiger charge is 2.32. The summed E-state index contributed by atoms with van der Waals surface area (Å²) < 4.78 is 39.1. The highest BCUT2D eigenvalue weighted by Crippen LogP contribution is 2.25. The molecule has 0 atom stereocenters. The number of nitriles is 1. The molecule has 1 aromatic rings. The van der Waals surface area contributed by atoms with Crippen LogP contribution in [0.3, 0.4) is 0 Å². The van der Waals surface area contributed by atoms with Gasteiger partial charge in [-0.15, -0.1) is 13.2 Å². The van der Waals surface area contributed by atoms with Gasteiger partial charge in [-0.1, -0.05) is 0 Å². The summed E-state index contributed by atoms with van der Waals surface area (Å²) in [6.07, 6.45) is -4.24. The fourth-order valence-electron chi connectivity index (χ4n) is 0.848. The molecule has 0 bridgehead atoms. The molecule has 0 saturated carbocycles. The highest BCUT2D eigenvalue weighted by molar-refractivity contribution is 5.87. The van der Waals surface area contributed by atoms with Gasteiger partial charge in [-0.25, -0.2) is 9.78 Å². The average molecular weight is 232 g/mol. The largest absolute Gasteiger partial charge is 0.573 e. The molecule has 8 heteroatoms. The molecule has 0 aliphatic carbocycles. The Bertz CT molecular complexity index is 465. The number of rotatable bonds is 2. The number of carboxylic acids is 1. The monoisotopic (exact) mass is 232 g/mol. The number of ether oxygens (including phenoxy) is 1. The Hall–Kier alpha value is -2.30.